The van der Waals surface area contributed by atoms with Gasteiger partial charge < -0.3 is 19.7 Å². The predicted molar refractivity (Wildman–Crippen MR) is 123 cm³/mol. The average Bonchev–Trinajstić information content (AvgIpc) is 2.80. The molecule has 0 saturated carbocycles. The number of para-hydroxylation sites is 2. The highest BCUT2D eigenvalue weighted by Crippen LogP contribution is 2.35. The molecule has 1 atom stereocenters. The molecule has 160 valence electrons. The molecule has 1 amide bonds. The normalized spacial score (nSPS) is 15.0. The number of ether oxygens (including phenoxy) is 2. The van der Waals surface area contributed by atoms with E-state index in [0.717, 1.165) is 29.3 Å². The van der Waals surface area contributed by atoms with Gasteiger partial charge in [-0.1, -0.05) is 54.1 Å². The molecule has 3 aromatic carbocycles. The molecule has 0 aromatic heterocycles. The van der Waals surface area contributed by atoms with Crippen LogP contribution in [0.15, 0.2) is 72.8 Å². The van der Waals surface area contributed by atoms with Crippen molar-refractivity contribution in [1.82, 2.24) is 5.32 Å². The molecule has 1 aliphatic heterocycles. The molecular weight excluding hydrogens is 388 g/mol. The monoisotopic (exact) mass is 416 g/mol. The Hall–Kier alpha value is -3.47. The van der Waals surface area contributed by atoms with E-state index in [1.54, 1.807) is 7.11 Å². The van der Waals surface area contributed by atoms with Crippen LogP contribution in [0, 0.1) is 6.92 Å². The van der Waals surface area contributed by atoms with Crippen LogP contribution in [0.2, 0.25) is 0 Å². The molecular formula is C26H28N2O3. The largest absolute Gasteiger partial charge is 0.497 e. The van der Waals surface area contributed by atoms with Crippen molar-refractivity contribution >= 4 is 11.6 Å². The van der Waals surface area contributed by atoms with Crippen molar-refractivity contribution in [3.8, 4) is 11.5 Å². The number of hydrogen-bond acceptors (Lipinski definition) is 4. The van der Waals surface area contributed by atoms with Crippen molar-refractivity contribution in [3.63, 3.8) is 0 Å². The number of nitrogens with zero attached hydrogens (tertiary/aromatic N) is 1. The molecule has 5 heteroatoms. The molecule has 0 aliphatic carbocycles. The van der Waals surface area contributed by atoms with Gasteiger partial charge in [0.2, 0.25) is 5.91 Å². The van der Waals surface area contributed by atoms with Crippen LogP contribution >= 0.6 is 0 Å². The highest BCUT2D eigenvalue weighted by Gasteiger charge is 2.29. The van der Waals surface area contributed by atoms with Crippen LogP contribution in [-0.4, -0.2) is 25.7 Å². The van der Waals surface area contributed by atoms with Gasteiger partial charge in [-0.25, -0.2) is 0 Å². The summed E-state index contributed by atoms with van der Waals surface area (Å²) in [7, 11) is 1.64. The van der Waals surface area contributed by atoms with Gasteiger partial charge in [0.05, 0.1) is 25.3 Å². The molecule has 31 heavy (non-hydrogen) atoms. The van der Waals surface area contributed by atoms with E-state index in [1.165, 1.54) is 11.1 Å². The molecule has 3 aromatic rings. The highest BCUT2D eigenvalue weighted by atomic mass is 16.5. The fraction of sp³-hybridized carbons (Fsp3) is 0.269. The number of aryl methyl sites for hydroxylation is 1. The number of carbonyl (C=O) groups is 1. The summed E-state index contributed by atoms with van der Waals surface area (Å²) in [6.45, 7) is 3.77. The van der Waals surface area contributed by atoms with Crippen LogP contribution in [0.5, 0.6) is 11.5 Å². The minimum absolute atomic E-state index is 0.00436. The maximum absolute atomic E-state index is 12.8. The van der Waals surface area contributed by atoms with Gasteiger partial charge in [0.1, 0.15) is 18.1 Å². The Morgan fingerprint density at radius 3 is 2.68 bits per heavy atom. The van der Waals surface area contributed by atoms with E-state index in [9.17, 15) is 4.79 Å². The van der Waals surface area contributed by atoms with Crippen molar-refractivity contribution in [2.75, 3.05) is 18.6 Å². The van der Waals surface area contributed by atoms with Gasteiger partial charge in [-0.15, -0.1) is 0 Å². The fourth-order valence-electron chi connectivity index (χ4n) is 3.83. The van der Waals surface area contributed by atoms with E-state index in [1.807, 2.05) is 42.5 Å². The van der Waals surface area contributed by atoms with Gasteiger partial charge in [0, 0.05) is 13.1 Å². The first kappa shape index (κ1) is 20.8. The molecule has 0 fully saturated rings. The number of fused-ring (bicyclic) bond motifs is 1. The van der Waals surface area contributed by atoms with Crippen LogP contribution in [0.4, 0.5) is 5.69 Å². The first-order valence-electron chi connectivity index (χ1n) is 10.6. The van der Waals surface area contributed by atoms with Gasteiger partial charge >= 0.3 is 0 Å². The number of amides is 1. The van der Waals surface area contributed by atoms with E-state index in [2.05, 4.69) is 47.5 Å². The van der Waals surface area contributed by atoms with Crippen LogP contribution in [0.1, 0.15) is 23.1 Å². The third-order valence-corrected chi connectivity index (χ3v) is 5.57. The van der Waals surface area contributed by atoms with Crippen molar-refractivity contribution < 1.29 is 14.3 Å². The smallest absolute Gasteiger partial charge is 0.222 e. The molecule has 1 heterocycles. The summed E-state index contributed by atoms with van der Waals surface area (Å²) in [5, 5.41) is 3.04. The second kappa shape index (κ2) is 9.56. The lowest BCUT2D eigenvalue weighted by molar-refractivity contribution is -0.121. The quantitative estimate of drug-likeness (QED) is 0.617. The second-order valence-corrected chi connectivity index (χ2v) is 7.88. The minimum Gasteiger partial charge on any atom is -0.497 e. The maximum atomic E-state index is 12.8. The molecule has 5 nitrogen and oxygen atoms in total. The number of hydrogen-bond donors (Lipinski definition) is 1. The average molecular weight is 417 g/mol. The second-order valence-electron chi connectivity index (χ2n) is 7.88. The van der Waals surface area contributed by atoms with Crippen molar-refractivity contribution in [3.05, 3.63) is 89.5 Å². The van der Waals surface area contributed by atoms with Gasteiger partial charge in [-0.05, 0) is 42.3 Å². The van der Waals surface area contributed by atoms with Crippen LogP contribution < -0.4 is 19.7 Å². The molecule has 0 saturated heterocycles. The maximum Gasteiger partial charge on any atom is 0.222 e. The lowest BCUT2D eigenvalue weighted by Crippen LogP contribution is -2.45. The Morgan fingerprint density at radius 2 is 1.87 bits per heavy atom. The number of nitrogens with one attached hydrogen (secondary N) is 1. The zero-order valence-electron chi connectivity index (χ0n) is 18.0. The standard InChI is InChI=1S/C26H28N2O3/c1-19-10-12-20(13-11-19)17-28-22(18-31-25-9-4-3-8-24(25)28)15-26(29)27-16-21-6-5-7-23(14-21)30-2/h3-14,22H,15-18H2,1-2H3,(H,27,29). The first-order valence-corrected chi connectivity index (χ1v) is 10.6. The SMILES string of the molecule is COc1cccc(CNC(=O)CC2COc3ccccc3N2Cc2ccc(C)cc2)c1. The lowest BCUT2D eigenvalue weighted by Gasteiger charge is -2.38. The van der Waals surface area contributed by atoms with Crippen LogP contribution in [0.3, 0.4) is 0 Å². The zero-order valence-corrected chi connectivity index (χ0v) is 18.0. The number of anilines is 1. The molecule has 0 bridgehead atoms. The summed E-state index contributed by atoms with van der Waals surface area (Å²) < 4.78 is 11.2. The summed E-state index contributed by atoms with van der Waals surface area (Å²) in [5.74, 6) is 1.65. The third-order valence-electron chi connectivity index (χ3n) is 5.57. The number of rotatable bonds is 7. The van der Waals surface area contributed by atoms with Gasteiger partial charge in [-0.2, -0.15) is 0 Å². The van der Waals surface area contributed by atoms with E-state index >= 15 is 0 Å². The molecule has 1 aliphatic rings. The number of carbonyl (C=O) groups excluding carboxylic acids is 1. The Balaban J connectivity index is 1.46. The predicted octanol–water partition coefficient (Wildman–Crippen LogP) is 4.48. The summed E-state index contributed by atoms with van der Waals surface area (Å²) in [6, 6.07) is 24.3. The van der Waals surface area contributed by atoms with Crippen LogP contribution in [-0.2, 0) is 17.9 Å². The first-order chi connectivity index (χ1) is 15.1. The van der Waals surface area contributed by atoms with Crippen LogP contribution in [0.25, 0.3) is 0 Å². The van der Waals surface area contributed by atoms with Crippen molar-refractivity contribution in [2.45, 2.75) is 32.5 Å². The Morgan fingerprint density at radius 1 is 1.06 bits per heavy atom. The van der Waals surface area contributed by atoms with E-state index in [0.29, 0.717) is 19.6 Å². The Bertz CT molecular complexity index is 1030. The minimum atomic E-state index is -0.0403. The van der Waals surface area contributed by atoms with Gasteiger partial charge in [0.25, 0.3) is 0 Å². The van der Waals surface area contributed by atoms with Gasteiger partial charge in [0.15, 0.2) is 0 Å². The Labute approximate surface area is 183 Å². The highest BCUT2D eigenvalue weighted by molar-refractivity contribution is 5.77. The van der Waals surface area contributed by atoms with E-state index < -0.39 is 0 Å². The zero-order chi connectivity index (χ0) is 21.6. The summed E-state index contributed by atoms with van der Waals surface area (Å²) >= 11 is 0. The van der Waals surface area contributed by atoms with Crippen molar-refractivity contribution in [2.24, 2.45) is 0 Å². The summed E-state index contributed by atoms with van der Waals surface area (Å²) in [4.78, 5) is 15.1. The fourth-order valence-corrected chi connectivity index (χ4v) is 3.83. The third kappa shape index (κ3) is 5.18. The molecule has 1 unspecified atom stereocenters. The summed E-state index contributed by atoms with van der Waals surface area (Å²) in [6.07, 6.45) is 0.365. The van der Waals surface area contributed by atoms with E-state index in [-0.39, 0.29) is 11.9 Å². The summed E-state index contributed by atoms with van der Waals surface area (Å²) in [5.41, 5.74) is 4.48. The molecule has 1 N–H and O–H groups in total. The molecule has 0 radical (unpaired) electrons. The lowest BCUT2D eigenvalue weighted by atomic mass is 10.1. The number of methoxy groups -OCH3 is 1. The van der Waals surface area contributed by atoms with Gasteiger partial charge in [-0.3, -0.25) is 4.79 Å². The van der Waals surface area contributed by atoms with Crippen molar-refractivity contribution in [1.29, 1.82) is 0 Å². The van der Waals surface area contributed by atoms with E-state index in [4.69, 9.17) is 9.47 Å². The molecule has 0 spiro atoms. The Kier molecular flexibility index (Phi) is 6.41. The topological polar surface area (TPSA) is 50.8 Å². The number of benzene rings is 3. The molecule has 4 rings (SSSR count).